The van der Waals surface area contributed by atoms with Gasteiger partial charge in [0.05, 0.1) is 6.61 Å². The van der Waals surface area contributed by atoms with E-state index in [1.165, 1.54) is 0 Å². The van der Waals surface area contributed by atoms with Gasteiger partial charge < -0.3 is 15.0 Å². The highest BCUT2D eigenvalue weighted by Gasteiger charge is 2.25. The molecule has 0 aliphatic carbocycles. The number of hydrogen-bond acceptors (Lipinski definition) is 3. The molecule has 0 unspecified atom stereocenters. The molecule has 1 aliphatic heterocycles. The number of nitrogens with zero attached hydrogens (tertiary/aromatic N) is 1. The maximum Gasteiger partial charge on any atom is 0.253 e. The largest absolute Gasteiger partial charge is 0.494 e. The van der Waals surface area contributed by atoms with E-state index in [0.29, 0.717) is 31.2 Å². The van der Waals surface area contributed by atoms with Crippen LogP contribution in [0.25, 0.3) is 0 Å². The van der Waals surface area contributed by atoms with E-state index in [2.05, 4.69) is 5.32 Å². The molecular formula is C19H28N2O3. The number of hydrogen-bond donors (Lipinski definition) is 1. The summed E-state index contributed by atoms with van der Waals surface area (Å²) < 4.78 is 5.41. The molecule has 24 heavy (non-hydrogen) atoms. The predicted molar refractivity (Wildman–Crippen MR) is 94.1 cm³/mol. The van der Waals surface area contributed by atoms with Gasteiger partial charge in [-0.2, -0.15) is 0 Å². The van der Waals surface area contributed by atoms with Crippen molar-refractivity contribution in [3.63, 3.8) is 0 Å². The summed E-state index contributed by atoms with van der Waals surface area (Å²) in [5, 5.41) is 2.98. The first-order chi connectivity index (χ1) is 11.5. The van der Waals surface area contributed by atoms with Gasteiger partial charge in [0.2, 0.25) is 5.91 Å². The predicted octanol–water partition coefficient (Wildman–Crippen LogP) is 2.71. The maximum absolute atomic E-state index is 12.7. The van der Waals surface area contributed by atoms with Gasteiger partial charge in [-0.25, -0.2) is 0 Å². The molecule has 1 aliphatic rings. The fourth-order valence-electron chi connectivity index (χ4n) is 2.91. The summed E-state index contributed by atoms with van der Waals surface area (Å²) in [5.41, 5.74) is 0.685. The normalized spacial score (nSPS) is 17.7. The van der Waals surface area contributed by atoms with Crippen LogP contribution in [0.1, 0.15) is 44.0 Å². The van der Waals surface area contributed by atoms with E-state index in [9.17, 15) is 9.59 Å². The van der Waals surface area contributed by atoms with Crippen LogP contribution >= 0.6 is 0 Å². The molecule has 1 aromatic carbocycles. The zero-order valence-corrected chi connectivity index (χ0v) is 14.9. The molecule has 2 amide bonds. The Kier molecular flexibility index (Phi) is 6.64. The zero-order chi connectivity index (χ0) is 17.5. The van der Waals surface area contributed by atoms with Crippen LogP contribution in [-0.4, -0.2) is 43.0 Å². The highest BCUT2D eigenvalue weighted by molar-refractivity contribution is 5.94. The molecule has 0 aromatic heterocycles. The molecule has 5 heteroatoms. The molecule has 132 valence electrons. The average Bonchev–Trinajstić information content (AvgIpc) is 2.60. The number of rotatable bonds is 6. The lowest BCUT2D eigenvalue weighted by atomic mass is 9.97. The second-order valence-corrected chi connectivity index (χ2v) is 6.62. The number of carbonyl (C=O) groups excluding carboxylic acids is 2. The first kappa shape index (κ1) is 18.3. The van der Waals surface area contributed by atoms with E-state index in [0.717, 1.165) is 25.1 Å². The van der Waals surface area contributed by atoms with Crippen LogP contribution in [0.15, 0.2) is 24.3 Å². The molecule has 1 N–H and O–H groups in total. The second kappa shape index (κ2) is 8.71. The first-order valence-corrected chi connectivity index (χ1v) is 8.81. The standard InChI is InChI=1S/C19H28N2O3/c1-4-24-17-9-7-16(8-10-17)19(23)21-11-5-6-15(13-21)12-20-18(22)14(2)3/h7-10,14-15H,4-6,11-13H2,1-3H3,(H,20,22)/t15-/m0/s1. The third kappa shape index (κ3) is 4.98. The molecule has 2 rings (SSSR count). The monoisotopic (exact) mass is 332 g/mol. The average molecular weight is 332 g/mol. The third-order valence-electron chi connectivity index (χ3n) is 4.31. The van der Waals surface area contributed by atoms with Crippen molar-refractivity contribution in [1.29, 1.82) is 0 Å². The van der Waals surface area contributed by atoms with Crippen LogP contribution in [0, 0.1) is 11.8 Å². The van der Waals surface area contributed by atoms with E-state index in [4.69, 9.17) is 4.74 Å². The summed E-state index contributed by atoms with van der Waals surface area (Å²) >= 11 is 0. The zero-order valence-electron chi connectivity index (χ0n) is 14.9. The lowest BCUT2D eigenvalue weighted by Crippen LogP contribution is -2.44. The minimum absolute atomic E-state index is 0.00446. The minimum atomic E-state index is -0.00446. The number of ether oxygens (including phenoxy) is 1. The third-order valence-corrected chi connectivity index (χ3v) is 4.31. The van der Waals surface area contributed by atoms with Crippen LogP contribution < -0.4 is 10.1 Å². The Morgan fingerprint density at radius 3 is 2.62 bits per heavy atom. The van der Waals surface area contributed by atoms with Crippen molar-refractivity contribution in [2.75, 3.05) is 26.2 Å². The van der Waals surface area contributed by atoms with Gasteiger partial charge >= 0.3 is 0 Å². The number of carbonyl (C=O) groups is 2. The van der Waals surface area contributed by atoms with Crippen molar-refractivity contribution in [3.05, 3.63) is 29.8 Å². The van der Waals surface area contributed by atoms with Gasteiger partial charge in [-0.1, -0.05) is 13.8 Å². The lowest BCUT2D eigenvalue weighted by Gasteiger charge is -2.33. The SMILES string of the molecule is CCOc1ccc(C(=O)N2CCC[C@@H](CNC(=O)C(C)C)C2)cc1. The molecule has 0 bridgehead atoms. The number of nitrogens with one attached hydrogen (secondary N) is 1. The van der Waals surface area contributed by atoms with Gasteiger partial charge in [-0.05, 0) is 49.9 Å². The van der Waals surface area contributed by atoms with E-state index in [-0.39, 0.29) is 17.7 Å². The molecule has 1 heterocycles. The minimum Gasteiger partial charge on any atom is -0.494 e. The second-order valence-electron chi connectivity index (χ2n) is 6.62. The van der Waals surface area contributed by atoms with E-state index in [1.807, 2.05) is 49.9 Å². The van der Waals surface area contributed by atoms with Gasteiger partial charge in [0.25, 0.3) is 5.91 Å². The van der Waals surface area contributed by atoms with Gasteiger partial charge in [-0.3, -0.25) is 9.59 Å². The van der Waals surface area contributed by atoms with Gasteiger partial charge in [0.15, 0.2) is 0 Å². The van der Waals surface area contributed by atoms with Crippen molar-refractivity contribution < 1.29 is 14.3 Å². The Hall–Kier alpha value is -2.04. The number of likely N-dealkylation sites (tertiary alicyclic amines) is 1. The fraction of sp³-hybridized carbons (Fsp3) is 0.579. The molecule has 5 nitrogen and oxygen atoms in total. The van der Waals surface area contributed by atoms with Crippen LogP contribution in [0.4, 0.5) is 0 Å². The fourth-order valence-corrected chi connectivity index (χ4v) is 2.91. The molecule has 1 saturated heterocycles. The van der Waals surface area contributed by atoms with Crippen molar-refractivity contribution in [3.8, 4) is 5.75 Å². The number of piperidine rings is 1. The van der Waals surface area contributed by atoms with Crippen molar-refractivity contribution >= 4 is 11.8 Å². The molecule has 0 spiro atoms. The molecule has 1 aromatic rings. The summed E-state index contributed by atoms with van der Waals surface area (Å²) in [6.45, 7) is 8.44. The van der Waals surface area contributed by atoms with E-state index >= 15 is 0 Å². The molecule has 1 fully saturated rings. The van der Waals surface area contributed by atoms with Crippen LogP contribution in [-0.2, 0) is 4.79 Å². The summed E-state index contributed by atoms with van der Waals surface area (Å²) in [6.07, 6.45) is 2.02. The van der Waals surface area contributed by atoms with Crippen LogP contribution in [0.2, 0.25) is 0 Å². The topological polar surface area (TPSA) is 58.6 Å². The van der Waals surface area contributed by atoms with Crippen molar-refractivity contribution in [2.24, 2.45) is 11.8 Å². The number of benzene rings is 1. The Labute approximate surface area is 144 Å². The molecule has 1 atom stereocenters. The summed E-state index contributed by atoms with van der Waals surface area (Å²) in [4.78, 5) is 26.3. The maximum atomic E-state index is 12.7. The smallest absolute Gasteiger partial charge is 0.253 e. The summed E-state index contributed by atoms with van der Waals surface area (Å²) in [6, 6.07) is 7.30. The Bertz CT molecular complexity index is 554. The highest BCUT2D eigenvalue weighted by atomic mass is 16.5. The molecule has 0 radical (unpaired) electrons. The van der Waals surface area contributed by atoms with Crippen LogP contribution in [0.3, 0.4) is 0 Å². The van der Waals surface area contributed by atoms with E-state index < -0.39 is 0 Å². The van der Waals surface area contributed by atoms with Gasteiger partial charge in [0.1, 0.15) is 5.75 Å². The number of amides is 2. The summed E-state index contributed by atoms with van der Waals surface area (Å²) in [5.74, 6) is 1.23. The lowest BCUT2D eigenvalue weighted by molar-refractivity contribution is -0.124. The van der Waals surface area contributed by atoms with E-state index in [1.54, 1.807) is 0 Å². The Balaban J connectivity index is 1.91. The Morgan fingerprint density at radius 2 is 2.00 bits per heavy atom. The van der Waals surface area contributed by atoms with Gasteiger partial charge in [-0.15, -0.1) is 0 Å². The summed E-state index contributed by atoms with van der Waals surface area (Å²) in [7, 11) is 0. The van der Waals surface area contributed by atoms with Crippen molar-refractivity contribution in [1.82, 2.24) is 10.2 Å². The van der Waals surface area contributed by atoms with Crippen LogP contribution in [0.5, 0.6) is 5.75 Å². The molecular weight excluding hydrogens is 304 g/mol. The Morgan fingerprint density at radius 1 is 1.29 bits per heavy atom. The molecule has 0 saturated carbocycles. The quantitative estimate of drug-likeness (QED) is 0.871. The van der Waals surface area contributed by atoms with Crippen molar-refractivity contribution in [2.45, 2.75) is 33.6 Å². The van der Waals surface area contributed by atoms with Gasteiger partial charge in [0, 0.05) is 31.1 Å². The first-order valence-electron chi connectivity index (χ1n) is 8.81. The highest BCUT2D eigenvalue weighted by Crippen LogP contribution is 2.20.